The predicted octanol–water partition coefficient (Wildman–Crippen LogP) is 9.63. The van der Waals surface area contributed by atoms with E-state index in [9.17, 15) is 0 Å². The first kappa shape index (κ1) is 49.7. The Morgan fingerprint density at radius 2 is 1.53 bits per heavy atom. The molecule has 2 aliphatic rings. The van der Waals surface area contributed by atoms with Crippen LogP contribution in [0.3, 0.4) is 0 Å². The van der Waals surface area contributed by atoms with Gasteiger partial charge in [-0.3, -0.25) is 20.0 Å². The lowest BCUT2D eigenvalue weighted by molar-refractivity contribution is -0.130. The average molecular weight is 989 g/mol. The third-order valence-corrected chi connectivity index (χ3v) is 13.8. The van der Waals surface area contributed by atoms with Gasteiger partial charge in [-0.25, -0.2) is 14.5 Å². The summed E-state index contributed by atoms with van der Waals surface area (Å²) in [6.45, 7) is 13.1. The zero-order chi connectivity index (χ0) is 51.3. The number of nitrogens with two attached hydrogens (primary N) is 1. The van der Waals surface area contributed by atoms with Crippen LogP contribution < -0.4 is 26.1 Å². The Labute approximate surface area is 433 Å². The van der Waals surface area contributed by atoms with E-state index in [-0.39, 0.29) is 18.5 Å². The van der Waals surface area contributed by atoms with Gasteiger partial charge in [-0.05, 0) is 77.7 Å². The van der Waals surface area contributed by atoms with E-state index in [0.717, 1.165) is 63.7 Å². The molecule has 10 rings (SSSR count). The number of benzene rings is 6. The maximum absolute atomic E-state index is 16.4. The standard InChI is InChI=1S/C60H64N10O4/c1-41-19-23-48(24-20-41)68-54(39-53(65-68)60(2,3)4)69(59(72)64-51-25-26-52(50-18-12-11-17-49(50)51)74-36-33-67-31-34-73-35-32-67)70-56(44-27-29-62-30-28-44)55(46-22-21-43-15-9-10-16-45(43)38-46)57(71)66(5)58(70)63-40-47(61)37-42-13-7-6-8-14-42/h6-30,38-39,47,58,63H,31-37,40,61H2,1-5H3,(H,64,72)/t47-,58?/m0/s1. The van der Waals surface area contributed by atoms with Gasteiger partial charge in [0, 0.05) is 79.5 Å². The number of pyridine rings is 1. The number of morpholine rings is 1. The number of rotatable bonds is 15. The van der Waals surface area contributed by atoms with Gasteiger partial charge < -0.3 is 25.4 Å². The van der Waals surface area contributed by atoms with Crippen LogP contribution in [0, 0.1) is 6.92 Å². The fourth-order valence-electron chi connectivity index (χ4n) is 9.72. The zero-order valence-electron chi connectivity index (χ0n) is 42.7. The van der Waals surface area contributed by atoms with E-state index in [1.165, 1.54) is 0 Å². The Balaban J connectivity index is 1.18. The Hall–Kier alpha value is -7.88. The third kappa shape index (κ3) is 10.6. The van der Waals surface area contributed by atoms with Crippen molar-refractivity contribution in [3.05, 3.63) is 192 Å². The van der Waals surface area contributed by atoms with Gasteiger partial charge in [0.15, 0.2) is 12.1 Å². The Bertz CT molecular complexity index is 3290. The lowest BCUT2D eigenvalue weighted by Gasteiger charge is -2.49. The van der Waals surface area contributed by atoms with E-state index in [0.29, 0.717) is 65.9 Å². The highest BCUT2D eigenvalue weighted by Crippen LogP contribution is 2.42. The number of amides is 3. The van der Waals surface area contributed by atoms with Crippen molar-refractivity contribution in [2.45, 2.75) is 51.9 Å². The fourth-order valence-corrected chi connectivity index (χ4v) is 9.72. The first-order valence-electron chi connectivity index (χ1n) is 25.4. The molecule has 6 aromatic carbocycles. The quantitative estimate of drug-likeness (QED) is 0.0908. The van der Waals surface area contributed by atoms with Crippen molar-refractivity contribution in [3.63, 3.8) is 0 Å². The smallest absolute Gasteiger partial charge is 0.347 e. The monoisotopic (exact) mass is 989 g/mol. The van der Waals surface area contributed by atoms with Crippen molar-refractivity contribution in [2.24, 2.45) is 5.73 Å². The SMILES string of the molecule is Cc1ccc(-n2nc(C(C)(C)C)cc2N(C(=O)Nc2ccc(OCCN3CCOCC3)c3ccccc23)N2C(c3ccncc3)=C(c3ccc4ccccc4c3)C(=O)N(C)C2NC[C@@H](N)Cc2ccccc2)cc1. The highest BCUT2D eigenvalue weighted by Gasteiger charge is 2.45. The Morgan fingerprint density at radius 3 is 2.27 bits per heavy atom. The number of hydrogen-bond acceptors (Lipinski definition) is 10. The maximum Gasteiger partial charge on any atom is 0.347 e. The van der Waals surface area contributed by atoms with E-state index < -0.39 is 17.7 Å². The van der Waals surface area contributed by atoms with E-state index in [4.69, 9.17) is 20.3 Å². The topological polar surface area (TPSA) is 146 Å². The minimum atomic E-state index is -0.985. The number of carbonyl (C=O) groups excluding carboxylic acids is 2. The fraction of sp³-hybridized carbons (Fsp3) is 0.267. The van der Waals surface area contributed by atoms with Gasteiger partial charge in [0.2, 0.25) is 0 Å². The minimum absolute atomic E-state index is 0.254. The van der Waals surface area contributed by atoms with Crippen molar-refractivity contribution in [3.8, 4) is 11.4 Å². The number of hydrazine groups is 1. The van der Waals surface area contributed by atoms with Gasteiger partial charge in [-0.1, -0.05) is 129 Å². The number of aryl methyl sites for hydroxylation is 1. The first-order chi connectivity index (χ1) is 35.9. The lowest BCUT2D eigenvalue weighted by atomic mass is 9.92. The molecule has 74 heavy (non-hydrogen) atoms. The zero-order valence-corrected chi connectivity index (χ0v) is 42.7. The van der Waals surface area contributed by atoms with Crippen LogP contribution in [0.1, 0.15) is 48.7 Å². The van der Waals surface area contributed by atoms with Crippen LogP contribution in [0.15, 0.2) is 164 Å². The molecule has 2 atom stereocenters. The molecule has 8 aromatic rings. The number of hydrogen-bond donors (Lipinski definition) is 3. The van der Waals surface area contributed by atoms with E-state index in [2.05, 4.69) is 59.5 Å². The van der Waals surface area contributed by atoms with Crippen LogP contribution in [0.2, 0.25) is 0 Å². The first-order valence-corrected chi connectivity index (χ1v) is 25.4. The summed E-state index contributed by atoms with van der Waals surface area (Å²) in [4.78, 5) is 40.4. The summed E-state index contributed by atoms with van der Waals surface area (Å²) in [7, 11) is 1.76. The van der Waals surface area contributed by atoms with E-state index in [1.54, 1.807) is 29.4 Å². The molecule has 0 spiro atoms. The largest absolute Gasteiger partial charge is 0.492 e. The molecule has 2 aliphatic heterocycles. The molecule has 0 bridgehead atoms. The Morgan fingerprint density at radius 1 is 0.824 bits per heavy atom. The molecule has 4 N–H and O–H groups in total. The average Bonchev–Trinajstić information content (AvgIpc) is 3.87. The Kier molecular flexibility index (Phi) is 14.6. The van der Waals surface area contributed by atoms with Crippen molar-refractivity contribution in [2.75, 3.05) is 63.4 Å². The number of ether oxygens (including phenoxy) is 2. The van der Waals surface area contributed by atoms with Crippen LogP contribution in [0.4, 0.5) is 16.3 Å². The number of carbonyl (C=O) groups is 2. The molecule has 2 aromatic heterocycles. The second-order valence-corrected chi connectivity index (χ2v) is 20.1. The summed E-state index contributed by atoms with van der Waals surface area (Å²) in [5.74, 6) is 0.887. The van der Waals surface area contributed by atoms with Crippen LogP contribution in [0.5, 0.6) is 5.75 Å². The van der Waals surface area contributed by atoms with Gasteiger partial charge in [-0.2, -0.15) is 10.1 Å². The lowest BCUT2D eigenvalue weighted by Crippen LogP contribution is -2.67. The molecule has 378 valence electrons. The molecule has 1 fully saturated rings. The van der Waals surface area contributed by atoms with Gasteiger partial charge in [0.1, 0.15) is 12.4 Å². The van der Waals surface area contributed by atoms with Crippen LogP contribution in [-0.2, 0) is 21.4 Å². The van der Waals surface area contributed by atoms with Crippen LogP contribution >= 0.6 is 0 Å². The molecule has 14 nitrogen and oxygen atoms in total. The second kappa shape index (κ2) is 21.7. The van der Waals surface area contributed by atoms with Gasteiger partial charge >= 0.3 is 6.03 Å². The van der Waals surface area contributed by atoms with Crippen molar-refractivity contribution in [1.82, 2.24) is 34.9 Å². The number of likely N-dealkylation sites (N-methyl/N-ethyl adjacent to an activating group) is 1. The summed E-state index contributed by atoms with van der Waals surface area (Å²) >= 11 is 0. The van der Waals surface area contributed by atoms with Crippen LogP contribution in [-0.4, -0.2) is 107 Å². The number of fused-ring (bicyclic) bond motifs is 2. The molecule has 3 amide bonds. The molecular formula is C60H64N10O4. The molecule has 0 radical (unpaired) electrons. The van der Waals surface area contributed by atoms with Crippen molar-refractivity contribution < 1.29 is 19.1 Å². The van der Waals surface area contributed by atoms with Crippen molar-refractivity contribution >= 4 is 56.3 Å². The summed E-state index contributed by atoms with van der Waals surface area (Å²) in [5, 5.41) is 19.5. The minimum Gasteiger partial charge on any atom is -0.492 e. The normalized spacial score (nSPS) is 16.0. The summed E-state index contributed by atoms with van der Waals surface area (Å²) in [6, 6.07) is 48.9. The molecular weight excluding hydrogens is 925 g/mol. The number of nitrogens with one attached hydrogen (secondary N) is 2. The third-order valence-electron chi connectivity index (χ3n) is 13.8. The predicted molar refractivity (Wildman–Crippen MR) is 295 cm³/mol. The number of anilines is 2. The molecule has 4 heterocycles. The molecule has 14 heteroatoms. The molecule has 0 aliphatic carbocycles. The summed E-state index contributed by atoms with van der Waals surface area (Å²) in [5.41, 5.74) is 12.9. The number of urea groups is 1. The number of nitrogens with zero attached hydrogens (tertiary/aromatic N) is 7. The number of aromatic nitrogens is 3. The highest BCUT2D eigenvalue weighted by atomic mass is 16.5. The summed E-state index contributed by atoms with van der Waals surface area (Å²) in [6.07, 6.45) is 3.00. The van der Waals surface area contributed by atoms with E-state index in [1.807, 2.05) is 150 Å². The second-order valence-electron chi connectivity index (χ2n) is 20.1. The highest BCUT2D eigenvalue weighted by molar-refractivity contribution is 6.28. The van der Waals surface area contributed by atoms with Crippen molar-refractivity contribution in [1.29, 1.82) is 0 Å². The van der Waals surface area contributed by atoms with E-state index >= 15 is 9.59 Å². The molecule has 1 saturated heterocycles. The van der Waals surface area contributed by atoms with Gasteiger partial charge in [-0.15, -0.1) is 0 Å². The van der Waals surface area contributed by atoms with Gasteiger partial charge in [0.25, 0.3) is 5.91 Å². The van der Waals surface area contributed by atoms with Gasteiger partial charge in [0.05, 0.1) is 41.6 Å². The molecule has 1 unspecified atom stereocenters. The maximum atomic E-state index is 16.4. The van der Waals surface area contributed by atoms with Crippen LogP contribution in [0.25, 0.3) is 38.5 Å². The summed E-state index contributed by atoms with van der Waals surface area (Å²) < 4.78 is 13.9. The molecule has 0 saturated carbocycles.